The van der Waals surface area contributed by atoms with Crippen LogP contribution in [0.2, 0.25) is 0 Å². The number of urea groups is 1. The fourth-order valence-electron chi connectivity index (χ4n) is 2.22. The number of carbonyl (C=O) groups is 1. The van der Waals surface area contributed by atoms with Gasteiger partial charge in [-0.3, -0.25) is 5.01 Å². The van der Waals surface area contributed by atoms with Crippen LogP contribution in [0.15, 0.2) is 48.7 Å². The molecule has 0 unspecified atom stereocenters. The Morgan fingerprint density at radius 1 is 1.09 bits per heavy atom. The SMILES string of the molecule is CCN(CC)c1ccc(NC(=O)NN(C)c2ccccc2)cn1. The lowest BCUT2D eigenvalue weighted by Gasteiger charge is -2.21. The van der Waals surface area contributed by atoms with Crippen LogP contribution < -0.4 is 20.7 Å². The van der Waals surface area contributed by atoms with Crippen LogP contribution in [0.1, 0.15) is 13.8 Å². The van der Waals surface area contributed by atoms with Crippen LogP contribution in [0, 0.1) is 0 Å². The number of anilines is 3. The minimum absolute atomic E-state index is 0.311. The Bertz CT molecular complexity index is 611. The van der Waals surface area contributed by atoms with Crippen molar-refractivity contribution in [2.75, 3.05) is 35.4 Å². The van der Waals surface area contributed by atoms with E-state index in [0.29, 0.717) is 5.69 Å². The van der Waals surface area contributed by atoms with E-state index in [9.17, 15) is 4.79 Å². The van der Waals surface area contributed by atoms with E-state index in [4.69, 9.17) is 0 Å². The van der Waals surface area contributed by atoms with Gasteiger partial charge in [0.25, 0.3) is 0 Å². The van der Waals surface area contributed by atoms with Gasteiger partial charge in [0, 0.05) is 20.1 Å². The van der Waals surface area contributed by atoms with E-state index in [0.717, 1.165) is 24.6 Å². The Balaban J connectivity index is 1.92. The first-order chi connectivity index (χ1) is 11.1. The van der Waals surface area contributed by atoms with Crippen molar-refractivity contribution < 1.29 is 4.79 Å². The lowest BCUT2D eigenvalue weighted by molar-refractivity contribution is 0.251. The van der Waals surface area contributed by atoms with E-state index in [1.165, 1.54) is 0 Å². The molecule has 2 N–H and O–H groups in total. The molecule has 23 heavy (non-hydrogen) atoms. The van der Waals surface area contributed by atoms with Gasteiger partial charge in [-0.05, 0) is 38.1 Å². The van der Waals surface area contributed by atoms with Crippen LogP contribution in [-0.2, 0) is 0 Å². The summed E-state index contributed by atoms with van der Waals surface area (Å²) >= 11 is 0. The van der Waals surface area contributed by atoms with Gasteiger partial charge >= 0.3 is 6.03 Å². The molecule has 0 saturated carbocycles. The van der Waals surface area contributed by atoms with Gasteiger partial charge in [0.1, 0.15) is 5.82 Å². The van der Waals surface area contributed by atoms with Crippen molar-refractivity contribution in [2.24, 2.45) is 0 Å². The van der Waals surface area contributed by atoms with E-state index in [2.05, 4.69) is 34.5 Å². The molecule has 0 aliphatic rings. The van der Waals surface area contributed by atoms with E-state index in [-0.39, 0.29) is 6.03 Å². The highest BCUT2D eigenvalue weighted by Gasteiger charge is 2.07. The van der Waals surface area contributed by atoms with Crippen LogP contribution in [0.4, 0.5) is 22.0 Å². The van der Waals surface area contributed by atoms with Crippen molar-refractivity contribution in [3.8, 4) is 0 Å². The highest BCUT2D eigenvalue weighted by molar-refractivity contribution is 5.90. The molecule has 2 amide bonds. The van der Waals surface area contributed by atoms with Crippen LogP contribution in [-0.4, -0.2) is 31.2 Å². The molecule has 0 radical (unpaired) electrons. The monoisotopic (exact) mass is 313 g/mol. The minimum atomic E-state index is -0.311. The predicted octanol–water partition coefficient (Wildman–Crippen LogP) is 3.10. The zero-order valence-corrected chi connectivity index (χ0v) is 13.8. The Kier molecular flexibility index (Phi) is 5.80. The Morgan fingerprint density at radius 2 is 1.78 bits per heavy atom. The summed E-state index contributed by atoms with van der Waals surface area (Å²) in [6.45, 7) is 5.98. The maximum Gasteiger partial charge on any atom is 0.338 e. The lowest BCUT2D eigenvalue weighted by Crippen LogP contribution is -2.42. The number of hydrogen-bond acceptors (Lipinski definition) is 4. The Labute approximate surface area is 137 Å². The molecular weight excluding hydrogens is 290 g/mol. The van der Waals surface area contributed by atoms with Gasteiger partial charge < -0.3 is 10.2 Å². The summed E-state index contributed by atoms with van der Waals surface area (Å²) in [5, 5.41) is 4.43. The second-order valence-corrected chi connectivity index (χ2v) is 5.04. The molecule has 6 heteroatoms. The van der Waals surface area contributed by atoms with Gasteiger partial charge in [-0.2, -0.15) is 0 Å². The standard InChI is InChI=1S/C17H23N5O/c1-4-22(5-2)16-12-11-14(13-18-16)19-17(23)20-21(3)15-9-7-6-8-10-15/h6-13H,4-5H2,1-3H3,(H2,19,20,23). The van der Waals surface area contributed by atoms with Gasteiger partial charge in [-0.1, -0.05) is 18.2 Å². The molecular formula is C17H23N5O. The largest absolute Gasteiger partial charge is 0.357 e. The topological polar surface area (TPSA) is 60.5 Å². The number of carbonyl (C=O) groups excluding carboxylic acids is 1. The van der Waals surface area contributed by atoms with Crippen molar-refractivity contribution in [3.05, 3.63) is 48.7 Å². The number of nitrogens with zero attached hydrogens (tertiary/aromatic N) is 3. The molecule has 0 atom stereocenters. The van der Waals surface area contributed by atoms with Crippen LogP contribution >= 0.6 is 0 Å². The van der Waals surface area contributed by atoms with Crippen molar-refractivity contribution >= 4 is 23.2 Å². The van der Waals surface area contributed by atoms with Gasteiger partial charge in [0.2, 0.25) is 0 Å². The molecule has 122 valence electrons. The molecule has 2 rings (SSSR count). The number of benzene rings is 1. The number of para-hydroxylation sites is 1. The van der Waals surface area contributed by atoms with E-state index in [1.54, 1.807) is 18.3 Å². The third-order valence-corrected chi connectivity index (χ3v) is 3.51. The molecule has 2 aromatic rings. The molecule has 0 aliphatic carbocycles. The zero-order chi connectivity index (χ0) is 16.7. The maximum atomic E-state index is 12.0. The average molecular weight is 313 g/mol. The lowest BCUT2D eigenvalue weighted by atomic mass is 10.3. The van der Waals surface area contributed by atoms with Gasteiger partial charge in [0.05, 0.1) is 17.6 Å². The summed E-state index contributed by atoms with van der Waals surface area (Å²) < 4.78 is 0. The zero-order valence-electron chi connectivity index (χ0n) is 13.8. The Hall–Kier alpha value is -2.76. The normalized spacial score (nSPS) is 10.0. The molecule has 6 nitrogen and oxygen atoms in total. The van der Waals surface area contributed by atoms with E-state index < -0.39 is 0 Å². The maximum absolute atomic E-state index is 12.0. The van der Waals surface area contributed by atoms with Gasteiger partial charge in [-0.25, -0.2) is 15.2 Å². The molecule has 1 aromatic heterocycles. The molecule has 0 aliphatic heterocycles. The molecule has 0 fully saturated rings. The van der Waals surface area contributed by atoms with Crippen molar-refractivity contribution in [3.63, 3.8) is 0 Å². The number of rotatable bonds is 6. The second-order valence-electron chi connectivity index (χ2n) is 5.04. The molecule has 1 heterocycles. The predicted molar refractivity (Wildman–Crippen MR) is 94.8 cm³/mol. The summed E-state index contributed by atoms with van der Waals surface area (Å²) in [6, 6.07) is 13.0. The van der Waals surface area contributed by atoms with Crippen LogP contribution in [0.3, 0.4) is 0 Å². The highest BCUT2D eigenvalue weighted by Crippen LogP contribution is 2.14. The summed E-state index contributed by atoms with van der Waals surface area (Å²) in [6.07, 6.45) is 1.66. The highest BCUT2D eigenvalue weighted by atomic mass is 16.2. The van der Waals surface area contributed by atoms with Crippen molar-refractivity contribution in [1.82, 2.24) is 10.4 Å². The molecule has 0 saturated heterocycles. The number of hydrazine groups is 1. The van der Waals surface area contributed by atoms with E-state index >= 15 is 0 Å². The molecule has 1 aromatic carbocycles. The third kappa shape index (κ3) is 4.60. The summed E-state index contributed by atoms with van der Waals surface area (Å²) in [4.78, 5) is 18.6. The fraction of sp³-hybridized carbons (Fsp3) is 0.294. The average Bonchev–Trinajstić information content (AvgIpc) is 2.58. The van der Waals surface area contributed by atoms with Gasteiger partial charge in [0.15, 0.2) is 0 Å². The number of aromatic nitrogens is 1. The number of hydrogen-bond donors (Lipinski definition) is 2. The first kappa shape index (κ1) is 16.6. The Morgan fingerprint density at radius 3 is 2.35 bits per heavy atom. The smallest absolute Gasteiger partial charge is 0.338 e. The van der Waals surface area contributed by atoms with Gasteiger partial charge in [-0.15, -0.1) is 0 Å². The third-order valence-electron chi connectivity index (χ3n) is 3.51. The van der Waals surface area contributed by atoms with E-state index in [1.807, 2.05) is 42.5 Å². The summed E-state index contributed by atoms with van der Waals surface area (Å²) in [5.74, 6) is 0.905. The minimum Gasteiger partial charge on any atom is -0.357 e. The van der Waals surface area contributed by atoms with Crippen LogP contribution in [0.5, 0.6) is 0 Å². The second kappa shape index (κ2) is 8.03. The first-order valence-corrected chi connectivity index (χ1v) is 7.71. The van der Waals surface area contributed by atoms with Crippen molar-refractivity contribution in [2.45, 2.75) is 13.8 Å². The summed E-state index contributed by atoms with van der Waals surface area (Å²) in [7, 11) is 1.79. The fourth-order valence-corrected chi connectivity index (χ4v) is 2.22. The first-order valence-electron chi connectivity index (χ1n) is 7.71. The molecule has 0 bridgehead atoms. The number of nitrogens with one attached hydrogen (secondary N) is 2. The van der Waals surface area contributed by atoms with Crippen molar-refractivity contribution in [1.29, 1.82) is 0 Å². The number of pyridine rings is 1. The van der Waals surface area contributed by atoms with Crippen LogP contribution in [0.25, 0.3) is 0 Å². The molecule has 0 spiro atoms. The number of amides is 2. The summed E-state index contributed by atoms with van der Waals surface area (Å²) in [5.41, 5.74) is 4.30. The quantitative estimate of drug-likeness (QED) is 0.805.